The maximum absolute atomic E-state index is 12.0. The largest absolute Gasteiger partial charge is 0.354 e. The van der Waals surface area contributed by atoms with E-state index in [2.05, 4.69) is 20.6 Å². The van der Waals surface area contributed by atoms with E-state index in [1.165, 1.54) is 11.8 Å². The van der Waals surface area contributed by atoms with Gasteiger partial charge >= 0.3 is 0 Å². The summed E-state index contributed by atoms with van der Waals surface area (Å²) >= 11 is 1.51. The fourth-order valence-corrected chi connectivity index (χ4v) is 3.03. The maximum Gasteiger partial charge on any atom is 0.242 e. The molecule has 0 spiro atoms. The van der Waals surface area contributed by atoms with Crippen molar-refractivity contribution in [2.75, 3.05) is 12.8 Å². The van der Waals surface area contributed by atoms with Crippen LogP contribution in [0.2, 0.25) is 0 Å². The molecule has 22 heavy (non-hydrogen) atoms. The topological polar surface area (TPSA) is 84.0 Å². The Bertz CT molecular complexity index is 554. The van der Waals surface area contributed by atoms with Gasteiger partial charge in [-0.25, -0.2) is 9.97 Å². The number of carbonyl (C=O) groups excluding carboxylic acids is 2. The molecule has 1 saturated heterocycles. The minimum absolute atomic E-state index is 0.0837. The zero-order chi connectivity index (χ0) is 16.1. The van der Waals surface area contributed by atoms with Gasteiger partial charge in [-0.05, 0) is 44.9 Å². The molecule has 1 atom stereocenters. The molecule has 1 aromatic heterocycles. The van der Waals surface area contributed by atoms with Gasteiger partial charge in [0.05, 0.1) is 0 Å². The van der Waals surface area contributed by atoms with E-state index in [1.54, 1.807) is 0 Å². The number of nitrogens with one attached hydrogen (secondary N) is 2. The molecule has 2 rings (SSSR count). The minimum Gasteiger partial charge on any atom is -0.354 e. The summed E-state index contributed by atoms with van der Waals surface area (Å²) in [5.41, 5.74) is 2.85. The Morgan fingerprint density at radius 1 is 1.36 bits per heavy atom. The Labute approximate surface area is 134 Å². The second kappa shape index (κ2) is 7.58. The van der Waals surface area contributed by atoms with Crippen LogP contribution in [0.5, 0.6) is 0 Å². The van der Waals surface area contributed by atoms with E-state index >= 15 is 0 Å². The van der Waals surface area contributed by atoms with Crippen molar-refractivity contribution in [3.8, 4) is 0 Å². The van der Waals surface area contributed by atoms with E-state index in [9.17, 15) is 9.59 Å². The first kappa shape index (κ1) is 16.7. The second-order valence-electron chi connectivity index (χ2n) is 5.41. The first-order valence-corrected chi connectivity index (χ1v) is 8.69. The van der Waals surface area contributed by atoms with E-state index in [0.29, 0.717) is 25.8 Å². The van der Waals surface area contributed by atoms with Gasteiger partial charge in [0.25, 0.3) is 0 Å². The van der Waals surface area contributed by atoms with Gasteiger partial charge in [-0.3, -0.25) is 9.59 Å². The lowest BCUT2D eigenvalue weighted by Crippen LogP contribution is -2.50. The molecule has 1 aliphatic rings. The smallest absolute Gasteiger partial charge is 0.242 e. The van der Waals surface area contributed by atoms with E-state index < -0.39 is 6.04 Å². The number of piperidine rings is 1. The molecule has 0 unspecified atom stereocenters. The normalized spacial score (nSPS) is 18.0. The van der Waals surface area contributed by atoms with Crippen LogP contribution in [0.3, 0.4) is 0 Å². The van der Waals surface area contributed by atoms with E-state index in [1.807, 2.05) is 20.1 Å². The van der Waals surface area contributed by atoms with Crippen LogP contribution in [0.15, 0.2) is 5.16 Å². The van der Waals surface area contributed by atoms with Crippen LogP contribution < -0.4 is 10.6 Å². The molecule has 120 valence electrons. The number of carbonyl (C=O) groups is 2. The predicted octanol–water partition coefficient (Wildman–Crippen LogP) is 1.14. The molecular formula is C15H22N4O2S. The molecule has 0 aliphatic carbocycles. The molecule has 2 N–H and O–H groups in total. The second-order valence-corrected chi connectivity index (χ2v) is 6.19. The number of rotatable bonds is 5. The molecule has 0 saturated carbocycles. The highest BCUT2D eigenvalue weighted by Crippen LogP contribution is 2.17. The van der Waals surface area contributed by atoms with Gasteiger partial charge in [0.1, 0.15) is 6.04 Å². The molecule has 0 bridgehead atoms. The summed E-state index contributed by atoms with van der Waals surface area (Å²) in [6.07, 6.45) is 4.48. The Balaban J connectivity index is 1.92. The number of hydrogen-bond donors (Lipinski definition) is 2. The highest BCUT2D eigenvalue weighted by atomic mass is 32.2. The zero-order valence-corrected chi connectivity index (χ0v) is 14.0. The third kappa shape index (κ3) is 4.19. The Hall–Kier alpha value is -1.63. The summed E-state index contributed by atoms with van der Waals surface area (Å²) in [6.45, 7) is 4.58. The SMILES string of the molecule is CSc1nc(C)c(CCC(=O)N[C@@H]2CCCNC2=O)c(C)n1. The summed E-state index contributed by atoms with van der Waals surface area (Å²) in [5.74, 6) is -0.186. The lowest BCUT2D eigenvalue weighted by Gasteiger charge is -2.22. The van der Waals surface area contributed by atoms with Crippen molar-refractivity contribution in [1.82, 2.24) is 20.6 Å². The number of nitrogens with zero attached hydrogens (tertiary/aromatic N) is 2. The lowest BCUT2D eigenvalue weighted by molar-refractivity contribution is -0.130. The average Bonchev–Trinajstić information content (AvgIpc) is 2.48. The van der Waals surface area contributed by atoms with Gasteiger partial charge in [-0.1, -0.05) is 11.8 Å². The average molecular weight is 322 g/mol. The van der Waals surface area contributed by atoms with Crippen molar-refractivity contribution in [1.29, 1.82) is 0 Å². The minimum atomic E-state index is -0.390. The van der Waals surface area contributed by atoms with E-state index in [4.69, 9.17) is 0 Å². The summed E-state index contributed by atoms with van der Waals surface area (Å²) in [5, 5.41) is 6.32. The van der Waals surface area contributed by atoms with Crippen molar-refractivity contribution < 1.29 is 9.59 Å². The molecule has 1 aliphatic heterocycles. The number of thioether (sulfide) groups is 1. The third-order valence-electron chi connectivity index (χ3n) is 3.81. The summed E-state index contributed by atoms with van der Waals surface area (Å²) in [7, 11) is 0. The van der Waals surface area contributed by atoms with E-state index in [0.717, 1.165) is 28.5 Å². The Morgan fingerprint density at radius 2 is 2.05 bits per heavy atom. The quantitative estimate of drug-likeness (QED) is 0.627. The molecule has 0 aromatic carbocycles. The molecule has 7 heteroatoms. The highest BCUT2D eigenvalue weighted by Gasteiger charge is 2.23. The van der Waals surface area contributed by atoms with Crippen LogP contribution in [0.25, 0.3) is 0 Å². The van der Waals surface area contributed by atoms with Crippen molar-refractivity contribution >= 4 is 23.6 Å². The summed E-state index contributed by atoms with van der Waals surface area (Å²) < 4.78 is 0. The molecule has 2 heterocycles. The molecule has 1 aromatic rings. The Morgan fingerprint density at radius 3 is 2.64 bits per heavy atom. The first-order valence-electron chi connectivity index (χ1n) is 7.46. The van der Waals surface area contributed by atoms with Crippen LogP contribution in [0.4, 0.5) is 0 Å². The first-order chi connectivity index (χ1) is 10.5. The van der Waals surface area contributed by atoms with E-state index in [-0.39, 0.29) is 11.8 Å². The van der Waals surface area contributed by atoms with Crippen LogP contribution in [0.1, 0.15) is 36.2 Å². The highest BCUT2D eigenvalue weighted by molar-refractivity contribution is 7.98. The van der Waals surface area contributed by atoms with Crippen LogP contribution in [-0.2, 0) is 16.0 Å². The molecule has 1 fully saturated rings. The van der Waals surface area contributed by atoms with Gasteiger partial charge in [-0.2, -0.15) is 0 Å². The number of aromatic nitrogens is 2. The summed E-state index contributed by atoms with van der Waals surface area (Å²) in [6, 6.07) is -0.390. The zero-order valence-electron chi connectivity index (χ0n) is 13.2. The molecule has 0 radical (unpaired) electrons. The lowest BCUT2D eigenvalue weighted by atomic mass is 10.0. The van der Waals surface area contributed by atoms with Gasteiger partial charge in [-0.15, -0.1) is 0 Å². The fourth-order valence-electron chi connectivity index (χ4n) is 2.58. The predicted molar refractivity (Wildman–Crippen MR) is 85.8 cm³/mol. The van der Waals surface area contributed by atoms with Crippen LogP contribution in [-0.4, -0.2) is 40.6 Å². The van der Waals surface area contributed by atoms with Crippen LogP contribution in [0, 0.1) is 13.8 Å². The fraction of sp³-hybridized carbons (Fsp3) is 0.600. The van der Waals surface area contributed by atoms with Crippen LogP contribution >= 0.6 is 11.8 Å². The number of hydrogen-bond acceptors (Lipinski definition) is 5. The molecular weight excluding hydrogens is 300 g/mol. The Kier molecular flexibility index (Phi) is 5.76. The third-order valence-corrected chi connectivity index (χ3v) is 4.35. The van der Waals surface area contributed by atoms with Crippen molar-refractivity contribution in [3.63, 3.8) is 0 Å². The monoisotopic (exact) mass is 322 g/mol. The van der Waals surface area contributed by atoms with Gasteiger partial charge in [0.15, 0.2) is 5.16 Å². The van der Waals surface area contributed by atoms with Gasteiger partial charge in [0, 0.05) is 24.4 Å². The van der Waals surface area contributed by atoms with Crippen molar-refractivity contribution in [2.45, 2.75) is 50.7 Å². The van der Waals surface area contributed by atoms with Crippen molar-refractivity contribution in [3.05, 3.63) is 17.0 Å². The van der Waals surface area contributed by atoms with Gasteiger partial charge in [0.2, 0.25) is 11.8 Å². The standard InChI is InChI=1S/C15H22N4O2S/c1-9-11(10(2)18-15(17-9)22-3)6-7-13(20)19-12-5-4-8-16-14(12)21/h12H,4-8H2,1-3H3,(H,16,21)(H,19,20)/t12-/m1/s1. The van der Waals surface area contributed by atoms with Gasteiger partial charge < -0.3 is 10.6 Å². The molecule has 2 amide bonds. The number of amides is 2. The summed E-state index contributed by atoms with van der Waals surface area (Å²) in [4.78, 5) is 32.5. The van der Waals surface area contributed by atoms with Crippen molar-refractivity contribution in [2.24, 2.45) is 0 Å². The maximum atomic E-state index is 12.0. The molecule has 6 nitrogen and oxygen atoms in total. The number of aryl methyl sites for hydroxylation is 2.